The highest BCUT2D eigenvalue weighted by Gasteiger charge is 2.52. The van der Waals surface area contributed by atoms with E-state index in [1.54, 1.807) is 20.8 Å². The van der Waals surface area contributed by atoms with Gasteiger partial charge in [-0.3, -0.25) is 9.69 Å². The molecule has 1 fully saturated rings. The second-order valence-electron chi connectivity index (χ2n) is 10.6. The average Bonchev–Trinajstić information content (AvgIpc) is 2.79. The van der Waals surface area contributed by atoms with Crippen molar-refractivity contribution in [1.82, 2.24) is 4.90 Å². The monoisotopic (exact) mass is 561 g/mol. The van der Waals surface area contributed by atoms with Gasteiger partial charge in [-0.1, -0.05) is 36.1 Å². The maximum atomic E-state index is 15.2. The minimum atomic E-state index is -4.68. The van der Waals surface area contributed by atoms with Crippen LogP contribution in [0.3, 0.4) is 0 Å². The second-order valence-corrected chi connectivity index (χ2v) is 10.6. The molecular weight excluding hydrogens is 534 g/mol. The number of benzene rings is 2. The van der Waals surface area contributed by atoms with E-state index in [1.807, 2.05) is 0 Å². The normalized spacial score (nSPS) is 21.1. The third-order valence-electron chi connectivity index (χ3n) is 6.43. The second kappa shape index (κ2) is 10.8. The smallest absolute Gasteiger partial charge is 0.416 e. The fourth-order valence-corrected chi connectivity index (χ4v) is 4.59. The van der Waals surface area contributed by atoms with E-state index in [9.17, 15) is 36.2 Å². The van der Waals surface area contributed by atoms with Gasteiger partial charge in [0.1, 0.15) is 0 Å². The number of halogens is 8. The van der Waals surface area contributed by atoms with Gasteiger partial charge in [-0.2, -0.15) is 26.3 Å². The van der Waals surface area contributed by atoms with Gasteiger partial charge in [-0.05, 0) is 56.2 Å². The van der Waals surface area contributed by atoms with Gasteiger partial charge in [-0.15, -0.1) is 0 Å². The van der Waals surface area contributed by atoms with Crippen molar-refractivity contribution in [1.29, 1.82) is 0 Å². The molecule has 39 heavy (non-hydrogen) atoms. The number of carboxylic acid groups (broad SMARTS) is 1. The maximum absolute atomic E-state index is 15.2. The van der Waals surface area contributed by atoms with E-state index in [0.29, 0.717) is 0 Å². The van der Waals surface area contributed by atoms with Crippen molar-refractivity contribution in [3.8, 4) is 11.8 Å². The van der Waals surface area contributed by atoms with Crippen molar-refractivity contribution in [3.63, 3.8) is 0 Å². The van der Waals surface area contributed by atoms with Gasteiger partial charge >= 0.3 is 18.3 Å². The predicted molar refractivity (Wildman–Crippen MR) is 128 cm³/mol. The summed E-state index contributed by atoms with van der Waals surface area (Å²) in [6, 6.07) is 5.08. The molecule has 1 N–H and O–H groups in total. The molecule has 1 saturated heterocycles. The van der Waals surface area contributed by atoms with Crippen LogP contribution in [0.15, 0.2) is 48.5 Å². The molecule has 3 nitrogen and oxygen atoms in total. The van der Waals surface area contributed by atoms with Gasteiger partial charge in [0.05, 0.1) is 29.5 Å². The van der Waals surface area contributed by atoms with Gasteiger partial charge < -0.3 is 5.11 Å². The van der Waals surface area contributed by atoms with Crippen LogP contribution >= 0.6 is 0 Å². The zero-order valence-corrected chi connectivity index (χ0v) is 21.3. The Kier molecular flexibility index (Phi) is 8.42. The summed E-state index contributed by atoms with van der Waals surface area (Å²) in [6.45, 7) is 4.98. The van der Waals surface area contributed by atoms with Crippen molar-refractivity contribution < 1.29 is 45.0 Å². The Morgan fingerprint density at radius 1 is 0.949 bits per heavy atom. The van der Waals surface area contributed by atoms with E-state index in [-0.39, 0.29) is 17.7 Å². The summed E-state index contributed by atoms with van der Waals surface area (Å²) in [6.07, 6.45) is -11.1. The number of carbonyl (C=O) groups is 1. The first-order chi connectivity index (χ1) is 17.8. The minimum absolute atomic E-state index is 0.0168. The minimum Gasteiger partial charge on any atom is -0.481 e. The summed E-state index contributed by atoms with van der Waals surface area (Å²) in [5.41, 5.74) is -2.27. The number of rotatable bonds is 5. The fourth-order valence-electron chi connectivity index (χ4n) is 4.59. The standard InChI is InChI=1S/C28H27F8NO2/c1-25(2,3)13-12-22(17-4-8-19(9-5-17)27(31,32)33)37-15-14-26(29,30)21(16-23(38)39)24(37)18-6-10-20(11-7-18)28(34,35)36/h4-11,21-22,24H,14-16H2,1-3H3,(H,38,39). The van der Waals surface area contributed by atoms with E-state index >= 15 is 8.78 Å². The van der Waals surface area contributed by atoms with Crippen LogP contribution in [0.1, 0.15) is 68.0 Å². The zero-order valence-electron chi connectivity index (χ0n) is 21.3. The number of aliphatic carboxylic acids is 1. The molecule has 11 heteroatoms. The Balaban J connectivity index is 2.20. The first-order valence-corrected chi connectivity index (χ1v) is 12.0. The summed E-state index contributed by atoms with van der Waals surface area (Å²) < 4.78 is 109. The highest BCUT2D eigenvalue weighted by atomic mass is 19.4. The zero-order chi connectivity index (χ0) is 29.4. The quantitative estimate of drug-likeness (QED) is 0.297. The Hall–Kier alpha value is -3.13. The van der Waals surface area contributed by atoms with Gasteiger partial charge in [0.15, 0.2) is 0 Å². The molecule has 1 heterocycles. The Morgan fingerprint density at radius 2 is 1.44 bits per heavy atom. The maximum Gasteiger partial charge on any atom is 0.416 e. The number of carboxylic acids is 1. The SMILES string of the molecule is CC(C)(C)C#CC(c1ccc(C(F)(F)F)cc1)N1CCC(F)(F)C(CC(=O)O)C1c1ccc(C(F)(F)F)cc1. The highest BCUT2D eigenvalue weighted by molar-refractivity contribution is 5.67. The topological polar surface area (TPSA) is 40.5 Å². The molecule has 2 aromatic rings. The summed E-state index contributed by atoms with van der Waals surface area (Å²) in [7, 11) is 0. The molecular formula is C28H27F8NO2. The van der Waals surface area contributed by atoms with E-state index in [2.05, 4.69) is 11.8 Å². The van der Waals surface area contributed by atoms with Crippen LogP contribution in [0.4, 0.5) is 35.1 Å². The van der Waals surface area contributed by atoms with E-state index in [1.165, 1.54) is 17.0 Å². The van der Waals surface area contributed by atoms with Gasteiger partial charge in [0.2, 0.25) is 0 Å². The molecule has 0 spiro atoms. The molecule has 0 radical (unpaired) electrons. The lowest BCUT2D eigenvalue weighted by Crippen LogP contribution is -2.51. The molecule has 1 aliphatic heterocycles. The molecule has 0 amide bonds. The number of nitrogens with zero attached hydrogens (tertiary/aromatic N) is 1. The molecule has 1 aliphatic rings. The third-order valence-corrected chi connectivity index (χ3v) is 6.43. The van der Waals surface area contributed by atoms with Crippen LogP contribution in [0, 0.1) is 23.2 Å². The number of piperidine rings is 1. The van der Waals surface area contributed by atoms with Crippen molar-refractivity contribution in [3.05, 3.63) is 70.8 Å². The summed E-state index contributed by atoms with van der Waals surface area (Å²) in [5, 5.41) is 9.44. The van der Waals surface area contributed by atoms with E-state index in [0.717, 1.165) is 36.4 Å². The van der Waals surface area contributed by atoms with Crippen molar-refractivity contribution >= 4 is 5.97 Å². The molecule has 0 aliphatic carbocycles. The molecule has 3 atom stereocenters. The molecule has 0 bridgehead atoms. The Bertz CT molecular complexity index is 1220. The molecule has 0 aromatic heterocycles. The largest absolute Gasteiger partial charge is 0.481 e. The fraction of sp³-hybridized carbons (Fsp3) is 0.464. The van der Waals surface area contributed by atoms with Crippen molar-refractivity contribution in [2.75, 3.05) is 6.54 Å². The summed E-state index contributed by atoms with van der Waals surface area (Å²) >= 11 is 0. The molecule has 2 aromatic carbocycles. The highest BCUT2D eigenvalue weighted by Crippen LogP contribution is 2.50. The number of alkyl halides is 8. The molecule has 212 valence electrons. The van der Waals surface area contributed by atoms with Crippen LogP contribution in [0.25, 0.3) is 0 Å². The van der Waals surface area contributed by atoms with Crippen molar-refractivity contribution in [2.24, 2.45) is 11.3 Å². The summed E-state index contributed by atoms with van der Waals surface area (Å²) in [5.74, 6) is -0.907. The number of hydrogen-bond acceptors (Lipinski definition) is 2. The third kappa shape index (κ3) is 7.50. The average molecular weight is 562 g/mol. The van der Waals surface area contributed by atoms with Gasteiger partial charge in [0.25, 0.3) is 5.92 Å². The van der Waals surface area contributed by atoms with Crippen LogP contribution in [0.2, 0.25) is 0 Å². The lowest BCUT2D eigenvalue weighted by molar-refractivity contribution is -0.160. The predicted octanol–water partition coefficient (Wildman–Crippen LogP) is 7.99. The van der Waals surface area contributed by atoms with Crippen LogP contribution in [-0.2, 0) is 17.1 Å². The molecule has 0 saturated carbocycles. The van der Waals surface area contributed by atoms with Crippen LogP contribution in [0.5, 0.6) is 0 Å². The first-order valence-electron chi connectivity index (χ1n) is 12.0. The lowest BCUT2D eigenvalue weighted by Gasteiger charge is -2.47. The van der Waals surface area contributed by atoms with Crippen LogP contribution in [-0.4, -0.2) is 28.4 Å². The van der Waals surface area contributed by atoms with Gasteiger partial charge in [0, 0.05) is 24.4 Å². The molecule has 3 rings (SSSR count). The van der Waals surface area contributed by atoms with Crippen LogP contribution < -0.4 is 0 Å². The number of likely N-dealkylation sites (tertiary alicyclic amines) is 1. The molecule has 3 unspecified atom stereocenters. The van der Waals surface area contributed by atoms with Crippen molar-refractivity contribution in [2.45, 2.75) is 64.0 Å². The Labute approximate surface area is 220 Å². The van der Waals surface area contributed by atoms with E-state index in [4.69, 9.17) is 0 Å². The van der Waals surface area contributed by atoms with Gasteiger partial charge in [-0.25, -0.2) is 8.78 Å². The lowest BCUT2D eigenvalue weighted by atomic mass is 9.78. The Morgan fingerprint density at radius 3 is 1.87 bits per heavy atom. The number of hydrogen-bond donors (Lipinski definition) is 1. The summed E-state index contributed by atoms with van der Waals surface area (Å²) in [4.78, 5) is 13.1. The van der Waals surface area contributed by atoms with E-state index < -0.39 is 71.6 Å². The first kappa shape index (κ1) is 30.4.